The molecule has 4 saturated carbocycles. The maximum atomic E-state index is 11.9. The van der Waals surface area contributed by atoms with Crippen molar-refractivity contribution in [3.05, 3.63) is 12.2 Å². The number of rotatable bonds is 0. The summed E-state index contributed by atoms with van der Waals surface area (Å²) in [6, 6.07) is 0. The molecule has 1 saturated heterocycles. The Bertz CT molecular complexity index is 880. The minimum absolute atomic E-state index is 0.0450. The minimum atomic E-state index is -0.266. The highest BCUT2D eigenvalue weighted by molar-refractivity contribution is 5.36. The number of aliphatic hydroxyl groups excluding tert-OH is 2. The standard InChI is InChI=1S/C30H48O3/c1-18-8-14-29-17-33-30(24(29)19(18)2)15-10-21-26(5)12-11-22(31)25(3,4)20(26)9-13-27(21,6)28(30,7)16-23(29)32/h10,15,18-24,31-32H,8-9,11-14,16-17H2,1-7H3/t18-,19+,20+,21-,22+,23+,24-,26+,27-,28+,29+,30-/m1/s1. The maximum absolute atomic E-state index is 11.9. The van der Waals surface area contributed by atoms with Crippen molar-refractivity contribution in [3.63, 3.8) is 0 Å². The summed E-state index contributed by atoms with van der Waals surface area (Å²) in [4.78, 5) is 0. The van der Waals surface area contributed by atoms with Crippen molar-refractivity contribution in [2.75, 3.05) is 6.61 Å². The number of ether oxygens (including phenoxy) is 1. The lowest BCUT2D eigenvalue weighted by molar-refractivity contribution is -0.260. The lowest BCUT2D eigenvalue weighted by Gasteiger charge is -2.73. The molecular formula is C30H48O3. The van der Waals surface area contributed by atoms with E-state index in [1.54, 1.807) is 0 Å². The Morgan fingerprint density at radius 1 is 0.879 bits per heavy atom. The van der Waals surface area contributed by atoms with Gasteiger partial charge in [0.2, 0.25) is 0 Å². The Morgan fingerprint density at radius 3 is 2.33 bits per heavy atom. The van der Waals surface area contributed by atoms with E-state index in [-0.39, 0.29) is 44.9 Å². The molecule has 1 aliphatic heterocycles. The van der Waals surface area contributed by atoms with Crippen LogP contribution < -0.4 is 0 Å². The summed E-state index contributed by atoms with van der Waals surface area (Å²) in [6.45, 7) is 17.8. The first-order valence-electron chi connectivity index (χ1n) is 14.0. The van der Waals surface area contributed by atoms with Crippen molar-refractivity contribution in [2.24, 2.45) is 56.7 Å². The molecule has 0 aromatic heterocycles. The van der Waals surface area contributed by atoms with E-state index in [1.165, 1.54) is 12.8 Å². The molecule has 6 aliphatic rings. The Morgan fingerprint density at radius 2 is 1.61 bits per heavy atom. The van der Waals surface area contributed by atoms with Crippen LogP contribution in [0.25, 0.3) is 0 Å². The van der Waals surface area contributed by atoms with Crippen molar-refractivity contribution < 1.29 is 14.9 Å². The van der Waals surface area contributed by atoms with Crippen molar-refractivity contribution >= 4 is 0 Å². The summed E-state index contributed by atoms with van der Waals surface area (Å²) in [5, 5.41) is 22.8. The summed E-state index contributed by atoms with van der Waals surface area (Å²) in [5.41, 5.74) is -0.168. The predicted molar refractivity (Wildman–Crippen MR) is 131 cm³/mol. The zero-order valence-corrected chi connectivity index (χ0v) is 22.2. The van der Waals surface area contributed by atoms with Gasteiger partial charge in [0.05, 0.1) is 24.4 Å². The molecule has 1 spiro atoms. The first kappa shape index (κ1) is 23.0. The Balaban J connectivity index is 1.51. The van der Waals surface area contributed by atoms with Crippen molar-refractivity contribution in [3.8, 4) is 0 Å². The van der Waals surface area contributed by atoms with Gasteiger partial charge in [0.25, 0.3) is 0 Å². The molecule has 6 rings (SSSR count). The lowest BCUT2D eigenvalue weighted by Crippen LogP contribution is -2.73. The number of fused-ring (bicyclic) bond motifs is 4. The van der Waals surface area contributed by atoms with Crippen LogP contribution in [-0.4, -0.2) is 34.6 Å². The van der Waals surface area contributed by atoms with Gasteiger partial charge in [0.1, 0.15) is 0 Å². The first-order chi connectivity index (χ1) is 15.3. The third-order valence-electron chi connectivity index (χ3n) is 13.9. The number of aliphatic hydroxyl groups is 2. The molecule has 3 heteroatoms. The molecular weight excluding hydrogens is 408 g/mol. The molecule has 2 bridgehead atoms. The molecule has 0 unspecified atom stereocenters. The molecule has 1 heterocycles. The Labute approximate surface area is 201 Å². The van der Waals surface area contributed by atoms with Gasteiger partial charge in [-0.25, -0.2) is 0 Å². The summed E-state index contributed by atoms with van der Waals surface area (Å²) < 4.78 is 7.05. The van der Waals surface area contributed by atoms with E-state index >= 15 is 0 Å². The van der Waals surface area contributed by atoms with Crippen LogP contribution in [0.2, 0.25) is 0 Å². The zero-order chi connectivity index (χ0) is 23.8. The number of hydrogen-bond acceptors (Lipinski definition) is 3. The van der Waals surface area contributed by atoms with Gasteiger partial charge in [-0.15, -0.1) is 0 Å². The van der Waals surface area contributed by atoms with E-state index in [2.05, 4.69) is 60.6 Å². The molecule has 0 radical (unpaired) electrons. The van der Waals surface area contributed by atoms with E-state index < -0.39 is 0 Å². The SMILES string of the molecule is C[C@H]1[C@H](C)CC[C@]23CO[C@]4(C=C[C@@H]5[C@@]6(C)CC[C@H](O)C(C)(C)[C@@H]6CC[C@@]5(C)[C@]4(C)C[C@@H]2O)[C@H]13. The third-order valence-corrected chi connectivity index (χ3v) is 13.9. The van der Waals surface area contributed by atoms with Gasteiger partial charge in [0.15, 0.2) is 0 Å². The summed E-state index contributed by atoms with van der Waals surface area (Å²) in [6.07, 6.45) is 12.2. The smallest absolute Gasteiger partial charge is 0.0960 e. The Kier molecular flexibility index (Phi) is 4.53. The van der Waals surface area contributed by atoms with Gasteiger partial charge in [-0.05, 0) is 84.9 Å². The lowest BCUT2D eigenvalue weighted by atomic mass is 9.31. The number of hydrogen-bond donors (Lipinski definition) is 2. The van der Waals surface area contributed by atoms with Crippen LogP contribution in [0.15, 0.2) is 12.2 Å². The highest BCUT2D eigenvalue weighted by Crippen LogP contribution is 2.79. The van der Waals surface area contributed by atoms with E-state index in [0.717, 1.165) is 38.7 Å². The molecule has 5 fully saturated rings. The van der Waals surface area contributed by atoms with E-state index in [4.69, 9.17) is 4.74 Å². The van der Waals surface area contributed by atoms with Crippen LogP contribution in [-0.2, 0) is 4.74 Å². The normalized spacial score (nSPS) is 63.2. The highest BCUT2D eigenvalue weighted by atomic mass is 16.5. The molecule has 2 N–H and O–H groups in total. The molecule has 0 aromatic carbocycles. The largest absolute Gasteiger partial charge is 0.393 e. The van der Waals surface area contributed by atoms with E-state index in [1.807, 2.05) is 0 Å². The summed E-state index contributed by atoms with van der Waals surface area (Å²) >= 11 is 0. The maximum Gasteiger partial charge on any atom is 0.0960 e. The average Bonchev–Trinajstić information content (AvgIpc) is 3.05. The van der Waals surface area contributed by atoms with E-state index in [0.29, 0.717) is 29.6 Å². The summed E-state index contributed by atoms with van der Waals surface area (Å²) in [7, 11) is 0. The Hall–Kier alpha value is -0.380. The fraction of sp³-hybridized carbons (Fsp3) is 0.933. The van der Waals surface area contributed by atoms with Gasteiger partial charge in [0, 0.05) is 16.7 Å². The van der Waals surface area contributed by atoms with Gasteiger partial charge < -0.3 is 14.9 Å². The molecule has 3 nitrogen and oxygen atoms in total. The topological polar surface area (TPSA) is 49.7 Å². The second kappa shape index (κ2) is 6.48. The molecule has 12 atom stereocenters. The second-order valence-corrected chi connectivity index (χ2v) is 14.9. The van der Waals surface area contributed by atoms with Crippen LogP contribution in [0, 0.1) is 56.7 Å². The fourth-order valence-electron chi connectivity index (χ4n) is 11.6. The summed E-state index contributed by atoms with van der Waals surface area (Å²) in [5.74, 6) is 2.65. The van der Waals surface area contributed by atoms with Crippen LogP contribution in [0.3, 0.4) is 0 Å². The minimum Gasteiger partial charge on any atom is -0.393 e. The van der Waals surface area contributed by atoms with Gasteiger partial charge in [-0.1, -0.05) is 60.6 Å². The fourth-order valence-corrected chi connectivity index (χ4v) is 11.6. The third kappa shape index (κ3) is 2.31. The van der Waals surface area contributed by atoms with Crippen LogP contribution >= 0.6 is 0 Å². The van der Waals surface area contributed by atoms with Crippen LogP contribution in [0.4, 0.5) is 0 Å². The van der Waals surface area contributed by atoms with Gasteiger partial charge in [-0.3, -0.25) is 0 Å². The highest BCUT2D eigenvalue weighted by Gasteiger charge is 2.79. The quantitative estimate of drug-likeness (QED) is 0.441. The van der Waals surface area contributed by atoms with Gasteiger partial charge in [-0.2, -0.15) is 0 Å². The molecule has 0 aromatic rings. The average molecular weight is 457 g/mol. The van der Waals surface area contributed by atoms with Crippen LogP contribution in [0.5, 0.6) is 0 Å². The van der Waals surface area contributed by atoms with E-state index in [9.17, 15) is 10.2 Å². The first-order valence-corrected chi connectivity index (χ1v) is 14.0. The van der Waals surface area contributed by atoms with Crippen molar-refractivity contribution in [1.82, 2.24) is 0 Å². The number of allylic oxidation sites excluding steroid dienone is 1. The predicted octanol–water partition coefficient (Wildman–Crippen LogP) is 5.98. The van der Waals surface area contributed by atoms with Crippen molar-refractivity contribution in [1.29, 1.82) is 0 Å². The molecule has 186 valence electrons. The molecule has 33 heavy (non-hydrogen) atoms. The second-order valence-electron chi connectivity index (χ2n) is 14.9. The molecule has 5 aliphatic carbocycles. The zero-order valence-electron chi connectivity index (χ0n) is 22.2. The molecule has 0 amide bonds. The van der Waals surface area contributed by atoms with Crippen molar-refractivity contribution in [2.45, 2.75) is 111 Å². The van der Waals surface area contributed by atoms with Crippen LogP contribution in [0.1, 0.15) is 93.4 Å². The van der Waals surface area contributed by atoms with Gasteiger partial charge >= 0.3 is 0 Å². The monoisotopic (exact) mass is 456 g/mol.